The van der Waals surface area contributed by atoms with Crippen molar-refractivity contribution in [2.75, 3.05) is 0 Å². The van der Waals surface area contributed by atoms with E-state index in [1.807, 2.05) is 6.07 Å². The molecule has 0 N–H and O–H groups in total. The first kappa shape index (κ1) is 9.39. The van der Waals surface area contributed by atoms with Crippen LogP contribution in [0.25, 0.3) is 5.57 Å². The molecule has 0 fully saturated rings. The van der Waals surface area contributed by atoms with Crippen molar-refractivity contribution in [3.8, 4) is 0 Å². The quantitative estimate of drug-likeness (QED) is 0.500. The minimum Gasteiger partial charge on any atom is -1.00 e. The van der Waals surface area contributed by atoms with Gasteiger partial charge in [0.1, 0.15) is 0 Å². The zero-order valence-corrected chi connectivity index (χ0v) is 7.33. The minimum absolute atomic E-state index is 0. The zero-order chi connectivity index (χ0) is 7.52. The van der Waals surface area contributed by atoms with E-state index in [2.05, 4.69) is 42.5 Å². The molecule has 0 bridgehead atoms. The SMILES string of the molecule is C1=CCC(c2ccccc2)=C1.[H-].[Li+]. The van der Waals surface area contributed by atoms with Crippen molar-refractivity contribution in [1.29, 1.82) is 0 Å². The van der Waals surface area contributed by atoms with E-state index in [1.54, 1.807) is 0 Å². The molecule has 1 aromatic rings. The summed E-state index contributed by atoms with van der Waals surface area (Å²) in [5.74, 6) is 0. The fraction of sp³-hybridized carbons (Fsp3) is 0.0909. The van der Waals surface area contributed by atoms with Crippen molar-refractivity contribution in [3.63, 3.8) is 0 Å². The first-order valence-corrected chi connectivity index (χ1v) is 3.88. The molecule has 1 aromatic carbocycles. The van der Waals surface area contributed by atoms with Gasteiger partial charge in [0.25, 0.3) is 0 Å². The van der Waals surface area contributed by atoms with Crippen molar-refractivity contribution in [2.45, 2.75) is 6.42 Å². The number of benzene rings is 1. The van der Waals surface area contributed by atoms with Crippen molar-refractivity contribution in [1.82, 2.24) is 0 Å². The number of hydrogen-bond acceptors (Lipinski definition) is 0. The average Bonchev–Trinajstić information content (AvgIpc) is 2.58. The predicted octanol–water partition coefficient (Wildman–Crippen LogP) is 0.146. The molecule has 0 saturated carbocycles. The van der Waals surface area contributed by atoms with E-state index in [9.17, 15) is 0 Å². The van der Waals surface area contributed by atoms with Gasteiger partial charge in [-0.3, -0.25) is 0 Å². The normalized spacial score (nSPS) is 13.8. The Labute approximate surface area is 86.7 Å². The maximum atomic E-state index is 2.18. The molecule has 0 aliphatic heterocycles. The van der Waals surface area contributed by atoms with E-state index in [-0.39, 0.29) is 20.3 Å². The van der Waals surface area contributed by atoms with Crippen LogP contribution < -0.4 is 18.9 Å². The first-order chi connectivity index (χ1) is 5.47. The van der Waals surface area contributed by atoms with Gasteiger partial charge in [0, 0.05) is 0 Å². The van der Waals surface area contributed by atoms with Crippen LogP contribution in [0, 0.1) is 0 Å². The predicted molar refractivity (Wildman–Crippen MR) is 49.3 cm³/mol. The van der Waals surface area contributed by atoms with E-state index in [4.69, 9.17) is 0 Å². The molecular formula is C11H11Li. The Kier molecular flexibility index (Phi) is 3.41. The summed E-state index contributed by atoms with van der Waals surface area (Å²) < 4.78 is 0. The molecule has 0 unspecified atom stereocenters. The summed E-state index contributed by atoms with van der Waals surface area (Å²) in [6, 6.07) is 10.5. The molecule has 0 saturated heterocycles. The molecule has 1 heteroatoms. The fourth-order valence-electron chi connectivity index (χ4n) is 1.31. The summed E-state index contributed by atoms with van der Waals surface area (Å²) in [6.45, 7) is 0. The maximum Gasteiger partial charge on any atom is 1.00 e. The van der Waals surface area contributed by atoms with Gasteiger partial charge in [0.15, 0.2) is 0 Å². The van der Waals surface area contributed by atoms with E-state index in [0.29, 0.717) is 0 Å². The van der Waals surface area contributed by atoms with E-state index >= 15 is 0 Å². The summed E-state index contributed by atoms with van der Waals surface area (Å²) >= 11 is 0. The van der Waals surface area contributed by atoms with Gasteiger partial charge < -0.3 is 1.43 Å². The maximum absolute atomic E-state index is 2.18. The molecule has 0 heterocycles. The van der Waals surface area contributed by atoms with Crippen LogP contribution in [0.4, 0.5) is 0 Å². The summed E-state index contributed by atoms with van der Waals surface area (Å²) in [5.41, 5.74) is 2.77. The Morgan fingerprint density at radius 3 is 2.42 bits per heavy atom. The molecule has 0 atom stereocenters. The molecular weight excluding hydrogens is 139 g/mol. The van der Waals surface area contributed by atoms with Crippen LogP contribution in [0.3, 0.4) is 0 Å². The van der Waals surface area contributed by atoms with Gasteiger partial charge >= 0.3 is 18.9 Å². The van der Waals surface area contributed by atoms with Crippen molar-refractivity contribution >= 4 is 5.57 Å². The van der Waals surface area contributed by atoms with Crippen molar-refractivity contribution in [3.05, 3.63) is 54.1 Å². The Hall–Kier alpha value is -0.703. The first-order valence-electron chi connectivity index (χ1n) is 3.88. The Morgan fingerprint density at radius 1 is 1.08 bits per heavy atom. The van der Waals surface area contributed by atoms with Crippen LogP contribution in [0.15, 0.2) is 48.6 Å². The Balaban J connectivity index is 0.000000720. The average molecular weight is 150 g/mol. The van der Waals surface area contributed by atoms with E-state index < -0.39 is 0 Å². The van der Waals surface area contributed by atoms with E-state index in [1.165, 1.54) is 11.1 Å². The van der Waals surface area contributed by atoms with Crippen molar-refractivity contribution < 1.29 is 20.3 Å². The van der Waals surface area contributed by atoms with Crippen LogP contribution in [0.1, 0.15) is 13.4 Å². The van der Waals surface area contributed by atoms with E-state index in [0.717, 1.165) is 6.42 Å². The van der Waals surface area contributed by atoms with Crippen LogP contribution in [-0.2, 0) is 0 Å². The minimum atomic E-state index is 0. The molecule has 12 heavy (non-hydrogen) atoms. The molecule has 2 rings (SSSR count). The third-order valence-electron chi connectivity index (χ3n) is 1.92. The van der Waals surface area contributed by atoms with Gasteiger partial charge in [-0.1, -0.05) is 48.6 Å². The number of rotatable bonds is 1. The molecule has 0 radical (unpaired) electrons. The second-order valence-corrected chi connectivity index (χ2v) is 2.69. The smallest absolute Gasteiger partial charge is 1.00 e. The van der Waals surface area contributed by atoms with Gasteiger partial charge in [0.05, 0.1) is 0 Å². The second kappa shape index (κ2) is 4.35. The third-order valence-corrected chi connectivity index (χ3v) is 1.92. The number of allylic oxidation sites excluding steroid dienone is 4. The zero-order valence-electron chi connectivity index (χ0n) is 8.33. The number of hydrogen-bond donors (Lipinski definition) is 0. The van der Waals surface area contributed by atoms with Gasteiger partial charge in [0.2, 0.25) is 0 Å². The van der Waals surface area contributed by atoms with Gasteiger partial charge in [-0.2, -0.15) is 0 Å². The molecule has 0 spiro atoms. The van der Waals surface area contributed by atoms with Gasteiger partial charge in [-0.15, -0.1) is 0 Å². The molecule has 1 aliphatic carbocycles. The monoisotopic (exact) mass is 150 g/mol. The van der Waals surface area contributed by atoms with Gasteiger partial charge in [-0.25, -0.2) is 0 Å². The van der Waals surface area contributed by atoms with Gasteiger partial charge in [-0.05, 0) is 17.6 Å². The Bertz CT molecular complexity index is 301. The molecule has 0 amide bonds. The molecule has 56 valence electrons. The fourth-order valence-corrected chi connectivity index (χ4v) is 1.31. The topological polar surface area (TPSA) is 0 Å². The van der Waals surface area contributed by atoms with Crippen LogP contribution in [0.2, 0.25) is 0 Å². The Morgan fingerprint density at radius 2 is 1.83 bits per heavy atom. The standard InChI is InChI=1S/C11H10.Li.H/c1-2-6-10(7-3-1)11-8-4-5-9-11;;/h1-8H,9H2;;/q;+1;-1. The second-order valence-electron chi connectivity index (χ2n) is 2.69. The van der Waals surface area contributed by atoms with Crippen LogP contribution >= 0.6 is 0 Å². The third kappa shape index (κ3) is 1.91. The summed E-state index contributed by atoms with van der Waals surface area (Å²) in [4.78, 5) is 0. The van der Waals surface area contributed by atoms with Crippen LogP contribution in [-0.4, -0.2) is 0 Å². The van der Waals surface area contributed by atoms with Crippen LogP contribution in [0.5, 0.6) is 0 Å². The summed E-state index contributed by atoms with van der Waals surface area (Å²) in [7, 11) is 0. The summed E-state index contributed by atoms with van der Waals surface area (Å²) in [6.07, 6.45) is 7.56. The molecule has 1 aliphatic rings. The summed E-state index contributed by atoms with van der Waals surface area (Å²) in [5, 5.41) is 0. The molecule has 0 aromatic heterocycles. The van der Waals surface area contributed by atoms with Crippen molar-refractivity contribution in [2.24, 2.45) is 0 Å². The largest absolute Gasteiger partial charge is 1.00 e. The molecule has 0 nitrogen and oxygen atoms in total.